The number of anilines is 2. The lowest BCUT2D eigenvalue weighted by atomic mass is 9.52. The molecule has 2 atom stereocenters. The second-order valence-corrected chi connectivity index (χ2v) is 16.1. The highest BCUT2D eigenvalue weighted by atomic mass is 16.3. The molecule has 9 nitrogen and oxygen atoms in total. The Bertz CT molecular complexity index is 1840. The molecule has 4 fully saturated rings. The van der Waals surface area contributed by atoms with Crippen molar-refractivity contribution in [2.75, 3.05) is 55.6 Å². The van der Waals surface area contributed by atoms with Gasteiger partial charge in [-0.15, -0.1) is 0 Å². The molecule has 9 heteroatoms. The fraction of sp³-hybridized carbons (Fsp3) is 0.500. The molecule has 3 saturated heterocycles. The third-order valence-corrected chi connectivity index (χ3v) is 13.3. The number of carbonyl (C=O) groups excluding carboxylic acids is 3. The Hall–Kier alpha value is -4.37. The van der Waals surface area contributed by atoms with Crippen LogP contribution in [0.5, 0.6) is 5.75 Å². The maximum Gasteiger partial charge on any atom is 0.255 e. The molecule has 3 amide bonds. The molecule has 0 bridgehead atoms. The van der Waals surface area contributed by atoms with E-state index in [1.807, 2.05) is 24.3 Å². The van der Waals surface area contributed by atoms with E-state index in [4.69, 9.17) is 0 Å². The van der Waals surface area contributed by atoms with E-state index in [2.05, 4.69) is 56.4 Å². The van der Waals surface area contributed by atoms with Crippen LogP contribution in [0.15, 0.2) is 60.7 Å². The van der Waals surface area contributed by atoms with Gasteiger partial charge in [-0.2, -0.15) is 0 Å². The second kappa shape index (κ2) is 13.0. The number of fused-ring (bicyclic) bond motifs is 2. The molecule has 0 radical (unpaired) electrons. The van der Waals surface area contributed by atoms with Gasteiger partial charge >= 0.3 is 0 Å². The number of aryl methyl sites for hydroxylation is 1. The molecule has 2 N–H and O–H groups in total. The van der Waals surface area contributed by atoms with Crippen molar-refractivity contribution in [3.05, 3.63) is 88.5 Å². The monoisotopic (exact) mass is 687 g/mol. The predicted octanol–water partition coefficient (Wildman–Crippen LogP) is 5.44. The molecule has 2 aliphatic carbocycles. The Balaban J connectivity index is 0.769. The summed E-state index contributed by atoms with van der Waals surface area (Å²) in [6, 6.07) is 21.1. The van der Waals surface area contributed by atoms with Crippen LogP contribution in [0.2, 0.25) is 0 Å². The van der Waals surface area contributed by atoms with Gasteiger partial charge in [0.05, 0.1) is 0 Å². The van der Waals surface area contributed by atoms with Gasteiger partial charge < -0.3 is 19.8 Å². The molecule has 3 aromatic rings. The summed E-state index contributed by atoms with van der Waals surface area (Å²) >= 11 is 0. The van der Waals surface area contributed by atoms with E-state index in [1.54, 1.807) is 4.90 Å². The van der Waals surface area contributed by atoms with Gasteiger partial charge in [0.2, 0.25) is 11.8 Å². The summed E-state index contributed by atoms with van der Waals surface area (Å²) in [6.07, 6.45) is 9.34. The average molecular weight is 688 g/mol. The van der Waals surface area contributed by atoms with Crippen molar-refractivity contribution in [2.45, 2.75) is 76.3 Å². The minimum atomic E-state index is -0.580. The molecule has 0 unspecified atom stereocenters. The van der Waals surface area contributed by atoms with Crippen LogP contribution >= 0.6 is 0 Å². The van der Waals surface area contributed by atoms with Gasteiger partial charge in [0.15, 0.2) is 0 Å². The minimum absolute atomic E-state index is 0.117. The zero-order valence-electron chi connectivity index (χ0n) is 29.5. The zero-order chi connectivity index (χ0) is 34.7. The number of nitrogens with zero attached hydrogens (tertiary/aromatic N) is 4. The number of carbonyl (C=O) groups is 3. The van der Waals surface area contributed by atoms with Gasteiger partial charge in [0, 0.05) is 81.6 Å². The fourth-order valence-corrected chi connectivity index (χ4v) is 10.2. The number of nitrogens with one attached hydrogen (secondary N) is 1. The summed E-state index contributed by atoms with van der Waals surface area (Å²) in [5, 5.41) is 12.5. The van der Waals surface area contributed by atoms with Crippen LogP contribution in [0.3, 0.4) is 0 Å². The van der Waals surface area contributed by atoms with Gasteiger partial charge in [-0.05, 0) is 121 Å². The van der Waals surface area contributed by atoms with Gasteiger partial charge in [-0.1, -0.05) is 24.6 Å². The van der Waals surface area contributed by atoms with Crippen LogP contribution in [-0.4, -0.2) is 84.5 Å². The third-order valence-electron chi connectivity index (χ3n) is 13.3. The van der Waals surface area contributed by atoms with E-state index in [0.717, 1.165) is 63.5 Å². The van der Waals surface area contributed by atoms with Gasteiger partial charge in [0.25, 0.3) is 5.91 Å². The predicted molar refractivity (Wildman–Crippen MR) is 197 cm³/mol. The number of piperazine rings is 1. The van der Waals surface area contributed by atoms with Crippen molar-refractivity contribution in [3.8, 4) is 5.75 Å². The first-order valence-electron chi connectivity index (χ1n) is 19.3. The largest absolute Gasteiger partial charge is 0.508 e. The molecule has 6 aliphatic rings. The number of phenolic OH excluding ortho intramolecular Hbond substituents is 1. The molecule has 9 rings (SSSR count). The zero-order valence-corrected chi connectivity index (χ0v) is 29.5. The lowest BCUT2D eigenvalue weighted by molar-refractivity contribution is -0.136. The smallest absolute Gasteiger partial charge is 0.255 e. The Morgan fingerprint density at radius 3 is 2.22 bits per heavy atom. The number of aromatic hydroxyl groups is 1. The van der Waals surface area contributed by atoms with E-state index in [9.17, 15) is 19.5 Å². The summed E-state index contributed by atoms with van der Waals surface area (Å²) in [5.41, 5.74) is 8.69. The lowest BCUT2D eigenvalue weighted by Crippen LogP contribution is -2.52. The van der Waals surface area contributed by atoms with Gasteiger partial charge in [-0.3, -0.25) is 24.6 Å². The summed E-state index contributed by atoms with van der Waals surface area (Å²) < 4.78 is 0. The summed E-state index contributed by atoms with van der Waals surface area (Å²) in [7, 11) is 0. The Labute approximate surface area is 300 Å². The van der Waals surface area contributed by atoms with Crippen molar-refractivity contribution in [3.63, 3.8) is 0 Å². The quantitative estimate of drug-likeness (QED) is 0.334. The molecular weight excluding hydrogens is 638 g/mol. The molecule has 0 aromatic heterocycles. The first-order valence-corrected chi connectivity index (χ1v) is 19.3. The van der Waals surface area contributed by atoms with Crippen LogP contribution in [0, 0.1) is 11.3 Å². The Morgan fingerprint density at radius 1 is 0.745 bits per heavy atom. The Morgan fingerprint density at radius 2 is 1.49 bits per heavy atom. The van der Waals surface area contributed by atoms with E-state index < -0.39 is 6.04 Å². The number of piperidine rings is 2. The third kappa shape index (κ3) is 5.97. The number of benzene rings is 3. The van der Waals surface area contributed by atoms with E-state index in [-0.39, 0.29) is 24.1 Å². The van der Waals surface area contributed by atoms with Crippen molar-refractivity contribution >= 4 is 29.1 Å². The van der Waals surface area contributed by atoms with E-state index in [0.29, 0.717) is 41.5 Å². The molecule has 51 heavy (non-hydrogen) atoms. The second-order valence-electron chi connectivity index (χ2n) is 16.1. The number of hydrogen-bond donors (Lipinski definition) is 2. The van der Waals surface area contributed by atoms with Gasteiger partial charge in [0.1, 0.15) is 11.8 Å². The average Bonchev–Trinajstić information content (AvgIpc) is 3.46. The van der Waals surface area contributed by atoms with E-state index >= 15 is 0 Å². The van der Waals surface area contributed by atoms with Crippen LogP contribution in [0.25, 0.3) is 0 Å². The van der Waals surface area contributed by atoms with Crippen molar-refractivity contribution in [2.24, 2.45) is 11.3 Å². The van der Waals surface area contributed by atoms with Crippen molar-refractivity contribution < 1.29 is 19.5 Å². The van der Waals surface area contributed by atoms with Crippen LogP contribution in [0.4, 0.5) is 11.4 Å². The standard InChI is InChI=1S/C42H49N5O4/c48-34-7-9-35-30(25-34)12-17-42(15-1-16-42)39(35)29-2-4-32(5-3-29)45-18-13-28(14-19-45)26-44-20-22-46(23-21-44)33-6-8-36-31(24-33)27-47(41(36)51)37-10-11-38(49)43-40(37)50/h2-9,24-25,28,37,39,48H,1,10-23,26-27H2,(H,43,49,50)/t37-,39+/m0/s1. The van der Waals surface area contributed by atoms with E-state index in [1.165, 1.54) is 60.9 Å². The maximum absolute atomic E-state index is 13.1. The molecule has 1 saturated carbocycles. The van der Waals surface area contributed by atoms with Gasteiger partial charge in [-0.25, -0.2) is 0 Å². The summed E-state index contributed by atoms with van der Waals surface area (Å²) in [6.45, 7) is 7.76. The number of hydrogen-bond acceptors (Lipinski definition) is 7. The maximum atomic E-state index is 13.1. The first kappa shape index (κ1) is 32.5. The topological polar surface area (TPSA) is 96.4 Å². The highest BCUT2D eigenvalue weighted by molar-refractivity contribution is 6.05. The first-order chi connectivity index (χ1) is 24.8. The number of phenols is 1. The SMILES string of the molecule is O=C1CC[C@H](N2Cc3cc(N4CCN(CC5CCN(c6ccc([C@@H]7c8ccc(O)cc8CCC78CCC8)cc6)CC5)CC4)ccc3C2=O)C(=O)N1. The van der Waals surface area contributed by atoms with Crippen molar-refractivity contribution in [1.29, 1.82) is 0 Å². The number of rotatable bonds is 6. The molecule has 1 spiro atoms. The molecular formula is C42H49N5O4. The summed E-state index contributed by atoms with van der Waals surface area (Å²) in [5.74, 6) is 0.780. The highest BCUT2D eigenvalue weighted by Crippen LogP contribution is 2.60. The fourth-order valence-electron chi connectivity index (χ4n) is 10.2. The molecule has 266 valence electrons. The molecule has 4 heterocycles. The minimum Gasteiger partial charge on any atom is -0.508 e. The highest BCUT2D eigenvalue weighted by Gasteiger charge is 2.48. The normalized spacial score (nSPS) is 25.1. The summed E-state index contributed by atoms with van der Waals surface area (Å²) in [4.78, 5) is 46.4. The van der Waals surface area contributed by atoms with Crippen molar-refractivity contribution in [1.82, 2.24) is 15.1 Å². The molecule has 4 aliphatic heterocycles. The van der Waals surface area contributed by atoms with Crippen LogP contribution in [0.1, 0.15) is 89.9 Å². The lowest BCUT2D eigenvalue weighted by Gasteiger charge is -2.52. The van der Waals surface area contributed by atoms with Crippen LogP contribution < -0.4 is 15.1 Å². The number of imide groups is 1. The van der Waals surface area contributed by atoms with Crippen LogP contribution in [-0.2, 0) is 22.6 Å². The molecule has 3 aromatic carbocycles. The number of amides is 3. The Kier molecular flexibility index (Phi) is 8.29.